The van der Waals surface area contributed by atoms with Crippen LogP contribution in [0.1, 0.15) is 59.6 Å². The highest BCUT2D eigenvalue weighted by Gasteiger charge is 2.45. The summed E-state index contributed by atoms with van der Waals surface area (Å²) in [5.41, 5.74) is 0.845. The van der Waals surface area contributed by atoms with E-state index >= 15 is 0 Å². The summed E-state index contributed by atoms with van der Waals surface area (Å²) in [6.45, 7) is 15.8. The molecular formula is C28H48N6O6S. The Morgan fingerprint density at radius 2 is 1.61 bits per heavy atom. The number of ether oxygens (including phenoxy) is 3. The zero-order valence-corrected chi connectivity index (χ0v) is 26.2. The fourth-order valence-electron chi connectivity index (χ4n) is 5.07. The van der Waals surface area contributed by atoms with Gasteiger partial charge in [0.2, 0.25) is 11.8 Å². The third kappa shape index (κ3) is 10.5. The van der Waals surface area contributed by atoms with Crippen LogP contribution in [0.25, 0.3) is 0 Å². The van der Waals surface area contributed by atoms with Gasteiger partial charge in [-0.15, -0.1) is 5.10 Å². The minimum Gasteiger partial charge on any atom is -0.377 e. The zero-order chi connectivity index (χ0) is 30.0. The van der Waals surface area contributed by atoms with E-state index in [4.69, 9.17) is 14.2 Å². The molecule has 41 heavy (non-hydrogen) atoms. The number of amides is 4. The van der Waals surface area contributed by atoms with Crippen LogP contribution in [0.3, 0.4) is 0 Å². The summed E-state index contributed by atoms with van der Waals surface area (Å²) >= 11 is 4.47. The number of imide groups is 1. The van der Waals surface area contributed by atoms with Crippen LogP contribution in [0.2, 0.25) is 0 Å². The molecule has 0 aliphatic carbocycles. The molecule has 12 nitrogen and oxygen atoms in total. The first-order chi connectivity index (χ1) is 19.4. The van der Waals surface area contributed by atoms with Gasteiger partial charge in [-0.25, -0.2) is 9.48 Å². The zero-order valence-electron chi connectivity index (χ0n) is 25.3. The van der Waals surface area contributed by atoms with Gasteiger partial charge in [-0.05, 0) is 24.2 Å². The Labute approximate surface area is 249 Å². The van der Waals surface area contributed by atoms with Gasteiger partial charge >= 0.3 is 6.03 Å². The van der Waals surface area contributed by atoms with Gasteiger partial charge in [-0.2, -0.15) is 12.6 Å². The quantitative estimate of drug-likeness (QED) is 0.180. The second kappa shape index (κ2) is 15.3. The summed E-state index contributed by atoms with van der Waals surface area (Å²) in [5.74, 6) is -0.198. The van der Waals surface area contributed by atoms with Gasteiger partial charge in [0.25, 0.3) is 0 Å². The van der Waals surface area contributed by atoms with E-state index < -0.39 is 10.7 Å². The molecule has 1 aromatic rings. The monoisotopic (exact) mass is 596 g/mol. The number of thiol groups is 1. The van der Waals surface area contributed by atoms with E-state index in [1.54, 1.807) is 10.9 Å². The van der Waals surface area contributed by atoms with Crippen molar-refractivity contribution in [3.05, 3.63) is 11.9 Å². The van der Waals surface area contributed by atoms with Crippen molar-refractivity contribution in [2.45, 2.75) is 71.7 Å². The van der Waals surface area contributed by atoms with Crippen LogP contribution in [-0.2, 0) is 36.9 Å². The molecule has 2 saturated heterocycles. The highest BCUT2D eigenvalue weighted by Crippen LogP contribution is 2.35. The average molecular weight is 597 g/mol. The fraction of sp³-hybridized carbons (Fsp3) is 0.821. The van der Waals surface area contributed by atoms with Crippen molar-refractivity contribution in [1.29, 1.82) is 0 Å². The summed E-state index contributed by atoms with van der Waals surface area (Å²) in [6.07, 6.45) is 3.99. The van der Waals surface area contributed by atoms with Crippen molar-refractivity contribution < 1.29 is 28.6 Å². The molecule has 3 heterocycles. The normalized spacial score (nSPS) is 18.9. The Hall–Kier alpha value is -2.22. The van der Waals surface area contributed by atoms with E-state index in [1.807, 2.05) is 18.7 Å². The molecule has 1 N–H and O–H groups in total. The summed E-state index contributed by atoms with van der Waals surface area (Å²) < 4.78 is 17.7. The molecule has 13 heteroatoms. The van der Waals surface area contributed by atoms with Gasteiger partial charge in [-0.1, -0.05) is 39.8 Å². The lowest BCUT2D eigenvalue weighted by atomic mass is 9.75. The van der Waals surface area contributed by atoms with Crippen molar-refractivity contribution in [2.75, 3.05) is 59.3 Å². The minimum absolute atomic E-state index is 0.0141. The first kappa shape index (κ1) is 33.3. The molecular weight excluding hydrogens is 548 g/mol. The summed E-state index contributed by atoms with van der Waals surface area (Å²) in [6, 6.07) is -0.0141. The van der Waals surface area contributed by atoms with Gasteiger partial charge in [0.15, 0.2) is 0 Å². The molecule has 0 spiro atoms. The smallest absolute Gasteiger partial charge is 0.317 e. The fourth-order valence-corrected chi connectivity index (χ4v) is 5.28. The van der Waals surface area contributed by atoms with E-state index in [0.717, 1.165) is 25.9 Å². The van der Waals surface area contributed by atoms with Gasteiger partial charge < -0.3 is 24.4 Å². The molecule has 1 atom stereocenters. The number of aromatic nitrogens is 3. The molecule has 1 aromatic heterocycles. The Kier molecular flexibility index (Phi) is 12.4. The number of carbonyl (C=O) groups is 3. The third-order valence-electron chi connectivity index (χ3n) is 7.74. The first-order valence-corrected chi connectivity index (χ1v) is 15.0. The minimum atomic E-state index is -0.560. The number of carbonyl (C=O) groups excluding carboxylic acids is 3. The molecule has 2 fully saturated rings. The average Bonchev–Trinajstić information content (AvgIpc) is 3.48. The number of hydrogen-bond acceptors (Lipinski definition) is 9. The maximum absolute atomic E-state index is 12.6. The van der Waals surface area contributed by atoms with Crippen molar-refractivity contribution >= 4 is 30.5 Å². The molecule has 0 aromatic carbocycles. The maximum Gasteiger partial charge on any atom is 0.317 e. The van der Waals surface area contributed by atoms with Crippen LogP contribution in [0, 0.1) is 17.3 Å². The standard InChI is InChI=1S/C28H48N6O6S/c1-27(2,3)21-6-9-32(10-7-21)26(37)29-8-12-38-14-16-40-17-15-39-13-11-33-19-22(30-31-33)20-34-24(35)18-23(25(34)36)28(4,5)41/h19,21,23,41H,6-18,20H2,1-5H3,(H,29,37). The SMILES string of the molecule is CC(C)(C)C1CCN(C(=O)NCCOCCOCCOCCn2cc(CN3C(=O)CC(C(C)(C)S)C3=O)nn2)CC1. The second-order valence-electron chi connectivity index (χ2n) is 12.4. The third-order valence-corrected chi connectivity index (χ3v) is 8.05. The van der Waals surface area contributed by atoms with E-state index in [1.165, 1.54) is 4.90 Å². The molecule has 1 unspecified atom stereocenters. The lowest BCUT2D eigenvalue weighted by Crippen LogP contribution is -2.46. The molecule has 0 bridgehead atoms. The second-order valence-corrected chi connectivity index (χ2v) is 13.6. The topological polar surface area (TPSA) is 128 Å². The number of nitrogens with one attached hydrogen (secondary N) is 1. The predicted octanol–water partition coefficient (Wildman–Crippen LogP) is 2.38. The number of likely N-dealkylation sites (tertiary alicyclic amines) is 2. The Balaban J connectivity index is 1.15. The number of nitrogens with zero attached hydrogens (tertiary/aromatic N) is 5. The first-order valence-electron chi connectivity index (χ1n) is 14.6. The van der Waals surface area contributed by atoms with Crippen LogP contribution in [-0.4, -0.2) is 107 Å². The Morgan fingerprint density at radius 3 is 2.20 bits per heavy atom. The lowest BCUT2D eigenvalue weighted by molar-refractivity contribution is -0.140. The number of rotatable bonds is 15. The summed E-state index contributed by atoms with van der Waals surface area (Å²) in [7, 11) is 0. The van der Waals surface area contributed by atoms with Crippen molar-refractivity contribution in [1.82, 2.24) is 30.1 Å². The van der Waals surface area contributed by atoms with E-state index in [2.05, 4.69) is 49.0 Å². The molecule has 2 aliphatic heterocycles. The lowest BCUT2D eigenvalue weighted by Gasteiger charge is -2.38. The van der Waals surface area contributed by atoms with Crippen LogP contribution in [0.4, 0.5) is 4.79 Å². The van der Waals surface area contributed by atoms with Gasteiger partial charge in [0.05, 0.1) is 64.8 Å². The van der Waals surface area contributed by atoms with E-state index in [-0.39, 0.29) is 30.8 Å². The number of urea groups is 1. The predicted molar refractivity (Wildman–Crippen MR) is 156 cm³/mol. The Morgan fingerprint density at radius 1 is 1.00 bits per heavy atom. The van der Waals surface area contributed by atoms with Crippen LogP contribution in [0.5, 0.6) is 0 Å². The van der Waals surface area contributed by atoms with Gasteiger partial charge in [0, 0.05) is 30.8 Å². The molecule has 4 amide bonds. The largest absolute Gasteiger partial charge is 0.377 e. The van der Waals surface area contributed by atoms with Crippen molar-refractivity contribution in [2.24, 2.45) is 17.3 Å². The number of piperidine rings is 1. The molecule has 0 saturated carbocycles. The summed E-state index contributed by atoms with van der Waals surface area (Å²) in [5, 5.41) is 11.1. The van der Waals surface area contributed by atoms with Crippen molar-refractivity contribution in [3.8, 4) is 0 Å². The van der Waals surface area contributed by atoms with Crippen LogP contribution < -0.4 is 5.32 Å². The summed E-state index contributed by atoms with van der Waals surface area (Å²) in [4.78, 5) is 40.4. The van der Waals surface area contributed by atoms with Crippen molar-refractivity contribution in [3.63, 3.8) is 0 Å². The van der Waals surface area contributed by atoms with Crippen LogP contribution >= 0.6 is 12.6 Å². The van der Waals surface area contributed by atoms with Gasteiger partial charge in [-0.3, -0.25) is 14.5 Å². The van der Waals surface area contributed by atoms with E-state index in [9.17, 15) is 14.4 Å². The molecule has 2 aliphatic rings. The van der Waals surface area contributed by atoms with Crippen LogP contribution in [0.15, 0.2) is 6.20 Å². The molecule has 232 valence electrons. The maximum atomic E-state index is 12.6. The number of hydrogen-bond donors (Lipinski definition) is 2. The highest BCUT2D eigenvalue weighted by molar-refractivity contribution is 7.81. The Bertz CT molecular complexity index is 999. The van der Waals surface area contributed by atoms with E-state index in [0.29, 0.717) is 69.8 Å². The van der Waals surface area contributed by atoms with Gasteiger partial charge in [0.1, 0.15) is 5.69 Å². The molecule has 3 rings (SSSR count). The highest BCUT2D eigenvalue weighted by atomic mass is 32.1. The molecule has 0 radical (unpaired) electrons.